The minimum absolute atomic E-state index is 0.000401. The van der Waals surface area contributed by atoms with Gasteiger partial charge in [0.25, 0.3) is 5.56 Å². The van der Waals surface area contributed by atoms with E-state index in [1.54, 1.807) is 17.1 Å². The van der Waals surface area contributed by atoms with Crippen LogP contribution in [-0.4, -0.2) is 31.9 Å². The zero-order valence-corrected chi connectivity index (χ0v) is 14.3. The molecule has 0 amide bonds. The lowest BCUT2D eigenvalue weighted by Crippen LogP contribution is -2.35. The van der Waals surface area contributed by atoms with Crippen LogP contribution in [0, 0.1) is 0 Å². The molecule has 1 N–H and O–H groups in total. The van der Waals surface area contributed by atoms with E-state index in [2.05, 4.69) is 22.3 Å². The molecule has 0 saturated heterocycles. The first-order chi connectivity index (χ1) is 11.6. The van der Waals surface area contributed by atoms with Crippen molar-refractivity contribution in [2.24, 2.45) is 0 Å². The molecule has 0 unspecified atom stereocenters. The number of aromatic nitrogens is 4. The van der Waals surface area contributed by atoms with E-state index in [1.165, 1.54) is 0 Å². The molecule has 1 atom stereocenters. The highest BCUT2D eigenvalue weighted by atomic mass is 35.5. The van der Waals surface area contributed by atoms with Crippen molar-refractivity contribution in [3.63, 3.8) is 0 Å². The zero-order valence-electron chi connectivity index (χ0n) is 13.5. The van der Waals surface area contributed by atoms with Crippen LogP contribution >= 0.6 is 11.6 Å². The maximum atomic E-state index is 12.5. The van der Waals surface area contributed by atoms with Gasteiger partial charge >= 0.3 is 0 Å². The van der Waals surface area contributed by atoms with Gasteiger partial charge in [0.1, 0.15) is 0 Å². The molecule has 2 heterocycles. The quantitative estimate of drug-likeness (QED) is 0.667. The normalized spacial score (nSPS) is 12.6. The Bertz CT molecular complexity index is 873. The van der Waals surface area contributed by atoms with Crippen LogP contribution in [0.2, 0.25) is 5.02 Å². The first-order valence-corrected chi connectivity index (χ1v) is 8.37. The van der Waals surface area contributed by atoms with Gasteiger partial charge in [0.2, 0.25) is 0 Å². The summed E-state index contributed by atoms with van der Waals surface area (Å²) in [7, 11) is 0. The topological polar surface area (TPSA) is 64.7 Å². The lowest BCUT2D eigenvalue weighted by molar-refractivity contribution is 0.448. The lowest BCUT2D eigenvalue weighted by Gasteiger charge is -2.15. The van der Waals surface area contributed by atoms with Crippen molar-refractivity contribution in [2.45, 2.75) is 32.5 Å². The van der Waals surface area contributed by atoms with E-state index in [9.17, 15) is 4.79 Å². The highest BCUT2D eigenvalue weighted by Crippen LogP contribution is 2.06. The van der Waals surface area contributed by atoms with E-state index in [1.807, 2.05) is 35.1 Å². The minimum Gasteiger partial charge on any atom is -0.312 e. The summed E-state index contributed by atoms with van der Waals surface area (Å²) in [6, 6.07) is 7.58. The fourth-order valence-corrected chi connectivity index (χ4v) is 2.80. The summed E-state index contributed by atoms with van der Waals surface area (Å²) < 4.78 is 3.49. The van der Waals surface area contributed by atoms with Crippen molar-refractivity contribution in [3.8, 4) is 0 Å². The predicted octanol–water partition coefficient (Wildman–Crippen LogP) is 2.31. The molecule has 0 bridgehead atoms. The van der Waals surface area contributed by atoms with Crippen molar-refractivity contribution in [1.29, 1.82) is 0 Å². The maximum absolute atomic E-state index is 12.5. The molecule has 24 heavy (non-hydrogen) atoms. The average Bonchev–Trinajstić information content (AvgIpc) is 3.00. The first-order valence-electron chi connectivity index (χ1n) is 7.99. The molecule has 126 valence electrons. The van der Waals surface area contributed by atoms with Crippen LogP contribution in [0.15, 0.2) is 47.8 Å². The highest BCUT2D eigenvalue weighted by molar-refractivity contribution is 6.30. The van der Waals surface area contributed by atoms with Gasteiger partial charge in [-0.05, 0) is 32.0 Å². The fraction of sp³-hybridized carbons (Fsp3) is 0.353. The highest BCUT2D eigenvalue weighted by Gasteiger charge is 2.07. The third kappa shape index (κ3) is 4.01. The van der Waals surface area contributed by atoms with Gasteiger partial charge in [-0.15, -0.1) is 0 Å². The van der Waals surface area contributed by atoms with Gasteiger partial charge in [-0.1, -0.05) is 23.7 Å². The molecule has 2 aromatic heterocycles. The van der Waals surface area contributed by atoms with Gasteiger partial charge in [0, 0.05) is 25.3 Å². The smallest absolute Gasteiger partial charge is 0.261 e. The molecule has 0 spiro atoms. The van der Waals surface area contributed by atoms with E-state index in [-0.39, 0.29) is 11.6 Å². The molecule has 0 aliphatic carbocycles. The van der Waals surface area contributed by atoms with Gasteiger partial charge in [0.05, 0.1) is 28.4 Å². The second-order valence-electron chi connectivity index (χ2n) is 5.85. The summed E-state index contributed by atoms with van der Waals surface area (Å²) in [6.45, 7) is 4.30. The van der Waals surface area contributed by atoms with E-state index in [4.69, 9.17) is 11.6 Å². The Kier molecular flexibility index (Phi) is 5.27. The van der Waals surface area contributed by atoms with Crippen LogP contribution in [0.25, 0.3) is 10.9 Å². The minimum atomic E-state index is 0.000401. The van der Waals surface area contributed by atoms with E-state index >= 15 is 0 Å². The third-order valence-corrected chi connectivity index (χ3v) is 4.06. The number of nitrogens with one attached hydrogen (secondary N) is 1. The van der Waals surface area contributed by atoms with Crippen molar-refractivity contribution in [3.05, 3.63) is 58.4 Å². The number of rotatable bonds is 7. The Balaban J connectivity index is 1.52. The van der Waals surface area contributed by atoms with Gasteiger partial charge in [0.15, 0.2) is 0 Å². The Labute approximate surface area is 145 Å². The molecule has 0 saturated carbocycles. The summed E-state index contributed by atoms with van der Waals surface area (Å²) >= 11 is 5.83. The molecule has 7 heteroatoms. The molecular weight excluding hydrogens is 326 g/mol. The number of halogens is 1. The molecule has 1 aromatic carbocycles. The van der Waals surface area contributed by atoms with Crippen molar-refractivity contribution in [2.75, 3.05) is 6.54 Å². The monoisotopic (exact) mass is 345 g/mol. The Morgan fingerprint density at radius 1 is 1.33 bits per heavy atom. The van der Waals surface area contributed by atoms with E-state index < -0.39 is 0 Å². The average molecular weight is 346 g/mol. The van der Waals surface area contributed by atoms with Gasteiger partial charge in [-0.3, -0.25) is 14.0 Å². The largest absolute Gasteiger partial charge is 0.312 e. The summed E-state index contributed by atoms with van der Waals surface area (Å²) in [5.74, 6) is 0. The van der Waals surface area contributed by atoms with Crippen LogP contribution < -0.4 is 10.9 Å². The molecule has 0 aliphatic rings. The number of para-hydroxylation sites is 1. The maximum Gasteiger partial charge on any atom is 0.261 e. The summed E-state index contributed by atoms with van der Waals surface area (Å²) in [4.78, 5) is 16.8. The van der Waals surface area contributed by atoms with E-state index in [0.717, 1.165) is 25.0 Å². The second-order valence-corrected chi connectivity index (χ2v) is 6.29. The number of benzene rings is 1. The van der Waals surface area contributed by atoms with Crippen LogP contribution in [0.3, 0.4) is 0 Å². The molecule has 0 radical (unpaired) electrons. The van der Waals surface area contributed by atoms with Crippen molar-refractivity contribution in [1.82, 2.24) is 24.6 Å². The number of fused-ring (bicyclic) bond motifs is 1. The van der Waals surface area contributed by atoms with Crippen LogP contribution in [0.4, 0.5) is 0 Å². The predicted molar refractivity (Wildman–Crippen MR) is 95.3 cm³/mol. The standard InChI is InChI=1S/C17H20ClN5O/c1-13(19-7-4-8-23-11-14(18)9-21-23)10-22-12-20-16-6-3-2-5-15(16)17(22)24/h2-3,5-6,9,11-13,19H,4,7-8,10H2,1H3/t13-/m1/s1. The summed E-state index contributed by atoms with van der Waals surface area (Å²) in [5, 5.41) is 8.87. The number of hydrogen-bond acceptors (Lipinski definition) is 4. The molecule has 6 nitrogen and oxygen atoms in total. The van der Waals surface area contributed by atoms with Crippen molar-refractivity contribution >= 4 is 22.5 Å². The third-order valence-electron chi connectivity index (χ3n) is 3.86. The van der Waals surface area contributed by atoms with E-state index in [0.29, 0.717) is 17.0 Å². The molecule has 0 aliphatic heterocycles. The molecule has 3 rings (SSSR count). The van der Waals surface area contributed by atoms with Crippen molar-refractivity contribution < 1.29 is 0 Å². The van der Waals surface area contributed by atoms with Gasteiger partial charge in [-0.25, -0.2) is 4.98 Å². The van der Waals surface area contributed by atoms with Crippen LogP contribution in [0.5, 0.6) is 0 Å². The second kappa shape index (κ2) is 7.59. The van der Waals surface area contributed by atoms with Gasteiger partial charge in [-0.2, -0.15) is 5.10 Å². The van der Waals surface area contributed by atoms with Crippen LogP contribution in [-0.2, 0) is 13.1 Å². The number of hydrogen-bond donors (Lipinski definition) is 1. The summed E-state index contributed by atoms with van der Waals surface area (Å²) in [6.07, 6.45) is 6.00. The fourth-order valence-electron chi connectivity index (χ4n) is 2.65. The zero-order chi connectivity index (χ0) is 16.9. The molecular formula is C17H20ClN5O. The Morgan fingerprint density at radius 2 is 2.17 bits per heavy atom. The number of aryl methyl sites for hydroxylation is 1. The van der Waals surface area contributed by atoms with Crippen LogP contribution in [0.1, 0.15) is 13.3 Å². The molecule has 3 aromatic rings. The lowest BCUT2D eigenvalue weighted by atomic mass is 10.2. The Hall–Kier alpha value is -2.18. The molecule has 0 fully saturated rings. The SMILES string of the molecule is C[C@H](Cn1cnc2ccccc2c1=O)NCCCn1cc(Cl)cn1. The number of nitrogens with zero attached hydrogens (tertiary/aromatic N) is 4. The first kappa shape index (κ1) is 16.7. The Morgan fingerprint density at radius 3 is 2.96 bits per heavy atom. The van der Waals surface area contributed by atoms with Gasteiger partial charge < -0.3 is 5.32 Å². The summed E-state index contributed by atoms with van der Waals surface area (Å²) in [5.41, 5.74) is 0.734.